The van der Waals surface area contributed by atoms with Gasteiger partial charge in [-0.3, -0.25) is 4.79 Å². The van der Waals surface area contributed by atoms with Crippen LogP contribution >= 0.6 is 0 Å². The van der Waals surface area contributed by atoms with Gasteiger partial charge in [0.2, 0.25) is 5.91 Å². The van der Waals surface area contributed by atoms with Gasteiger partial charge in [-0.1, -0.05) is 19.0 Å². The first-order valence-corrected chi connectivity index (χ1v) is 6.10. The zero-order valence-corrected chi connectivity index (χ0v) is 10.5. The van der Waals surface area contributed by atoms with E-state index in [4.69, 9.17) is 10.5 Å². The molecule has 1 saturated carbocycles. The molecule has 2 aliphatic rings. The van der Waals surface area contributed by atoms with Crippen molar-refractivity contribution < 1.29 is 14.1 Å². The van der Waals surface area contributed by atoms with Crippen molar-refractivity contribution >= 4 is 11.7 Å². The summed E-state index contributed by atoms with van der Waals surface area (Å²) < 4.78 is 10.3. The Kier molecular flexibility index (Phi) is 2.30. The lowest BCUT2D eigenvalue weighted by Crippen LogP contribution is -2.79. The summed E-state index contributed by atoms with van der Waals surface area (Å²) >= 11 is 0. The summed E-state index contributed by atoms with van der Waals surface area (Å²) in [5, 5.41) is 6.38. The molecule has 0 aromatic carbocycles. The van der Waals surface area contributed by atoms with E-state index in [0.29, 0.717) is 12.4 Å². The van der Waals surface area contributed by atoms with Crippen LogP contribution in [-0.4, -0.2) is 29.3 Å². The molecular weight excluding hydrogens is 234 g/mol. The highest BCUT2D eigenvalue weighted by atomic mass is 16.5. The molecule has 1 aliphatic carbocycles. The fraction of sp³-hybridized carbons (Fsp3) is 0.667. The first kappa shape index (κ1) is 11.7. The van der Waals surface area contributed by atoms with Gasteiger partial charge < -0.3 is 20.3 Å². The third kappa shape index (κ3) is 1.24. The van der Waals surface area contributed by atoms with Crippen LogP contribution in [0.1, 0.15) is 20.3 Å². The van der Waals surface area contributed by atoms with Gasteiger partial charge >= 0.3 is 0 Å². The average Bonchev–Trinajstić information content (AvgIpc) is 2.97. The summed E-state index contributed by atoms with van der Waals surface area (Å²) in [4.78, 5) is 12.4. The molecule has 3 unspecified atom stereocenters. The quantitative estimate of drug-likeness (QED) is 0.809. The molecule has 6 heteroatoms. The standard InChI is InChI=1S/C12H17N3O3/c1-11(2)9-7(3-5-17-9)12(11,13)10(16)14-8-4-6-18-15-8/h4,6-7,9H,3,5,13H2,1-2H3,(H,14,15,16). The zero-order valence-electron chi connectivity index (χ0n) is 10.5. The zero-order chi connectivity index (χ0) is 13.0. The van der Waals surface area contributed by atoms with Crippen LogP contribution in [0.25, 0.3) is 0 Å². The highest BCUT2D eigenvalue weighted by Gasteiger charge is 2.71. The maximum atomic E-state index is 12.4. The number of hydrogen-bond acceptors (Lipinski definition) is 5. The monoisotopic (exact) mass is 251 g/mol. The van der Waals surface area contributed by atoms with E-state index in [-0.39, 0.29) is 23.3 Å². The maximum absolute atomic E-state index is 12.4. The Balaban J connectivity index is 1.84. The van der Waals surface area contributed by atoms with Crippen LogP contribution in [0, 0.1) is 11.3 Å². The van der Waals surface area contributed by atoms with Gasteiger partial charge in [0.05, 0.1) is 6.10 Å². The number of rotatable bonds is 2. The molecule has 1 aromatic rings. The van der Waals surface area contributed by atoms with Crippen LogP contribution in [0.4, 0.5) is 5.82 Å². The summed E-state index contributed by atoms with van der Waals surface area (Å²) in [7, 11) is 0. The SMILES string of the molecule is CC1(C)C2OCCC2C1(N)C(=O)Nc1ccon1. The first-order chi connectivity index (χ1) is 8.48. The Morgan fingerprint density at radius 1 is 1.61 bits per heavy atom. The molecule has 1 aliphatic heterocycles. The third-order valence-corrected chi connectivity index (χ3v) is 4.51. The fourth-order valence-corrected chi connectivity index (χ4v) is 3.34. The van der Waals surface area contributed by atoms with Crippen LogP contribution in [0.3, 0.4) is 0 Å². The van der Waals surface area contributed by atoms with E-state index in [0.717, 1.165) is 6.42 Å². The second kappa shape index (κ2) is 3.55. The Morgan fingerprint density at radius 3 is 3.06 bits per heavy atom. The summed E-state index contributed by atoms with van der Waals surface area (Å²) in [6.07, 6.45) is 2.31. The second-order valence-corrected chi connectivity index (χ2v) is 5.62. The van der Waals surface area contributed by atoms with E-state index in [9.17, 15) is 4.79 Å². The van der Waals surface area contributed by atoms with Crippen molar-refractivity contribution in [1.82, 2.24) is 5.16 Å². The number of amides is 1. The molecule has 1 saturated heterocycles. The number of carbonyl (C=O) groups excluding carboxylic acids is 1. The van der Waals surface area contributed by atoms with Gasteiger partial charge in [0.15, 0.2) is 5.82 Å². The Labute approximate surface area is 105 Å². The van der Waals surface area contributed by atoms with Crippen LogP contribution in [0.2, 0.25) is 0 Å². The number of carbonyl (C=O) groups is 1. The van der Waals surface area contributed by atoms with E-state index in [1.807, 2.05) is 13.8 Å². The Hall–Kier alpha value is -1.40. The molecule has 1 aromatic heterocycles. The van der Waals surface area contributed by atoms with Crippen molar-refractivity contribution in [2.24, 2.45) is 17.1 Å². The number of ether oxygens (including phenoxy) is 1. The molecule has 0 spiro atoms. The number of nitrogens with one attached hydrogen (secondary N) is 1. The van der Waals surface area contributed by atoms with Gasteiger partial charge in [-0.2, -0.15) is 0 Å². The molecule has 2 heterocycles. The smallest absolute Gasteiger partial charge is 0.246 e. The molecule has 3 N–H and O–H groups in total. The molecule has 1 amide bonds. The topological polar surface area (TPSA) is 90.4 Å². The summed E-state index contributed by atoms with van der Waals surface area (Å²) in [6, 6.07) is 1.59. The highest BCUT2D eigenvalue weighted by molar-refractivity contribution is 5.99. The van der Waals surface area contributed by atoms with Crippen LogP contribution < -0.4 is 11.1 Å². The van der Waals surface area contributed by atoms with Gasteiger partial charge in [0, 0.05) is 24.0 Å². The van der Waals surface area contributed by atoms with Crippen LogP contribution in [-0.2, 0) is 9.53 Å². The molecule has 18 heavy (non-hydrogen) atoms. The summed E-state index contributed by atoms with van der Waals surface area (Å²) in [5.41, 5.74) is 5.09. The molecule has 6 nitrogen and oxygen atoms in total. The summed E-state index contributed by atoms with van der Waals surface area (Å²) in [6.45, 7) is 4.62. The number of aromatic nitrogens is 1. The summed E-state index contributed by atoms with van der Waals surface area (Å²) in [5.74, 6) is 0.260. The maximum Gasteiger partial charge on any atom is 0.246 e. The fourth-order valence-electron chi connectivity index (χ4n) is 3.34. The number of hydrogen-bond donors (Lipinski definition) is 2. The lowest BCUT2D eigenvalue weighted by Gasteiger charge is -2.60. The Bertz CT molecular complexity index is 471. The van der Waals surface area contributed by atoms with E-state index in [2.05, 4.69) is 15.0 Å². The minimum atomic E-state index is -0.910. The average molecular weight is 251 g/mol. The first-order valence-electron chi connectivity index (χ1n) is 6.10. The van der Waals surface area contributed by atoms with Crippen molar-refractivity contribution in [3.05, 3.63) is 12.3 Å². The van der Waals surface area contributed by atoms with Gasteiger partial charge in [-0.25, -0.2) is 0 Å². The number of fused-ring (bicyclic) bond motifs is 1. The van der Waals surface area contributed by atoms with E-state index in [1.165, 1.54) is 6.26 Å². The van der Waals surface area contributed by atoms with E-state index in [1.54, 1.807) is 6.07 Å². The minimum Gasteiger partial charge on any atom is -0.377 e. The van der Waals surface area contributed by atoms with Gasteiger partial charge in [0.25, 0.3) is 0 Å². The van der Waals surface area contributed by atoms with Gasteiger partial charge in [-0.05, 0) is 6.42 Å². The number of nitrogens with two attached hydrogens (primary N) is 1. The van der Waals surface area contributed by atoms with Crippen molar-refractivity contribution in [2.75, 3.05) is 11.9 Å². The van der Waals surface area contributed by atoms with Crippen molar-refractivity contribution in [1.29, 1.82) is 0 Å². The van der Waals surface area contributed by atoms with Crippen LogP contribution in [0.5, 0.6) is 0 Å². The number of anilines is 1. The largest absolute Gasteiger partial charge is 0.377 e. The van der Waals surface area contributed by atoms with E-state index < -0.39 is 5.54 Å². The second-order valence-electron chi connectivity index (χ2n) is 5.62. The molecule has 98 valence electrons. The minimum absolute atomic E-state index is 0.0746. The third-order valence-electron chi connectivity index (χ3n) is 4.51. The van der Waals surface area contributed by atoms with Crippen molar-refractivity contribution in [2.45, 2.75) is 31.9 Å². The highest BCUT2D eigenvalue weighted by Crippen LogP contribution is 2.58. The van der Waals surface area contributed by atoms with Gasteiger partial charge in [0.1, 0.15) is 11.8 Å². The lowest BCUT2D eigenvalue weighted by atomic mass is 9.48. The van der Waals surface area contributed by atoms with Gasteiger partial charge in [-0.15, -0.1) is 0 Å². The molecule has 2 fully saturated rings. The van der Waals surface area contributed by atoms with Crippen molar-refractivity contribution in [3.8, 4) is 0 Å². The predicted octanol–water partition coefficient (Wildman–Crippen LogP) is 0.755. The molecule has 0 bridgehead atoms. The molecule has 0 radical (unpaired) electrons. The van der Waals surface area contributed by atoms with Crippen LogP contribution in [0.15, 0.2) is 16.9 Å². The number of nitrogens with zero attached hydrogens (tertiary/aromatic N) is 1. The predicted molar refractivity (Wildman–Crippen MR) is 63.7 cm³/mol. The lowest BCUT2D eigenvalue weighted by molar-refractivity contribution is -0.170. The molecular formula is C12H17N3O3. The Morgan fingerprint density at radius 2 is 2.39 bits per heavy atom. The molecule has 3 rings (SSSR count). The van der Waals surface area contributed by atoms with Crippen molar-refractivity contribution in [3.63, 3.8) is 0 Å². The molecule has 3 atom stereocenters. The normalized spacial score (nSPS) is 36.8. The van der Waals surface area contributed by atoms with E-state index >= 15 is 0 Å².